The lowest BCUT2D eigenvalue weighted by Crippen LogP contribution is -2.58. The summed E-state index contributed by atoms with van der Waals surface area (Å²) in [5.74, 6) is 1.51. The van der Waals surface area contributed by atoms with Crippen molar-refractivity contribution in [1.29, 1.82) is 0 Å². The second-order valence-electron chi connectivity index (χ2n) is 7.96. The first-order chi connectivity index (χ1) is 10.6. The molecule has 0 radical (unpaired) electrons. The van der Waals surface area contributed by atoms with Crippen LogP contribution in [0.2, 0.25) is 0 Å². The van der Waals surface area contributed by atoms with Gasteiger partial charge in [0.1, 0.15) is 0 Å². The van der Waals surface area contributed by atoms with Crippen LogP contribution in [0.5, 0.6) is 0 Å². The average molecular weight is 346 g/mol. The number of carbonyl (C=O) groups is 1. The van der Waals surface area contributed by atoms with Crippen LogP contribution in [-0.2, 0) is 9.84 Å². The summed E-state index contributed by atoms with van der Waals surface area (Å²) in [5.41, 5.74) is -0.0968. The molecule has 134 valence electrons. The van der Waals surface area contributed by atoms with Gasteiger partial charge in [-0.2, -0.15) is 0 Å². The molecule has 2 rings (SSSR count). The molecule has 2 aliphatic heterocycles. The fourth-order valence-electron chi connectivity index (χ4n) is 3.59. The highest BCUT2D eigenvalue weighted by molar-refractivity contribution is 7.91. The van der Waals surface area contributed by atoms with E-state index in [2.05, 4.69) is 37.9 Å². The van der Waals surface area contributed by atoms with Gasteiger partial charge in [-0.1, -0.05) is 13.8 Å². The molecular formula is C16H31N3O3S. The largest absolute Gasteiger partial charge is 0.336 e. The van der Waals surface area contributed by atoms with Crippen LogP contribution in [0.1, 0.15) is 34.1 Å². The number of piperidine rings is 1. The number of nitrogens with one attached hydrogen (secondary N) is 1. The van der Waals surface area contributed by atoms with Gasteiger partial charge in [0.15, 0.2) is 9.84 Å². The standard InChI is InChI=1S/C16H31N3O3S/c1-13-9-14(2)11-19(10-13)16(3,4)12-17-15(20)18-5-7-23(21,22)8-6-18/h13-14H,5-12H2,1-4H3,(H,17,20)/t13-,14+. The second-order valence-corrected chi connectivity index (χ2v) is 10.3. The lowest BCUT2D eigenvalue weighted by atomic mass is 9.88. The molecule has 0 bridgehead atoms. The Kier molecular flexibility index (Phi) is 5.61. The van der Waals surface area contributed by atoms with Gasteiger partial charge < -0.3 is 10.2 Å². The van der Waals surface area contributed by atoms with E-state index in [1.165, 1.54) is 6.42 Å². The zero-order valence-corrected chi connectivity index (χ0v) is 15.7. The maximum Gasteiger partial charge on any atom is 0.317 e. The number of amides is 2. The fraction of sp³-hybridized carbons (Fsp3) is 0.938. The molecule has 0 spiro atoms. The second kappa shape index (κ2) is 6.97. The Morgan fingerprint density at radius 3 is 2.17 bits per heavy atom. The minimum atomic E-state index is -2.95. The number of sulfone groups is 1. The SMILES string of the molecule is C[C@@H]1C[C@H](C)CN(C(C)(C)CNC(=O)N2CCS(=O)(=O)CC2)C1. The molecule has 2 fully saturated rings. The summed E-state index contributed by atoms with van der Waals surface area (Å²) in [5, 5.41) is 3.00. The van der Waals surface area contributed by atoms with E-state index in [4.69, 9.17) is 0 Å². The van der Waals surface area contributed by atoms with Gasteiger partial charge in [-0.25, -0.2) is 13.2 Å². The van der Waals surface area contributed by atoms with E-state index < -0.39 is 9.84 Å². The van der Waals surface area contributed by atoms with Crippen LogP contribution in [-0.4, -0.2) is 74.0 Å². The highest BCUT2D eigenvalue weighted by Crippen LogP contribution is 2.26. The Morgan fingerprint density at radius 1 is 1.13 bits per heavy atom. The summed E-state index contributed by atoms with van der Waals surface area (Å²) in [4.78, 5) is 16.3. The smallest absolute Gasteiger partial charge is 0.317 e. The van der Waals surface area contributed by atoms with Crippen molar-refractivity contribution in [2.24, 2.45) is 11.8 Å². The van der Waals surface area contributed by atoms with E-state index in [1.54, 1.807) is 4.90 Å². The molecule has 2 saturated heterocycles. The van der Waals surface area contributed by atoms with E-state index in [-0.39, 0.29) is 23.1 Å². The summed E-state index contributed by atoms with van der Waals surface area (Å²) in [6.07, 6.45) is 1.27. The molecule has 7 heteroatoms. The average Bonchev–Trinajstić information content (AvgIpc) is 2.44. The molecule has 0 aromatic heterocycles. The van der Waals surface area contributed by atoms with Gasteiger partial charge in [0.2, 0.25) is 0 Å². The van der Waals surface area contributed by atoms with E-state index in [0.29, 0.717) is 31.5 Å². The van der Waals surface area contributed by atoms with Crippen molar-refractivity contribution in [1.82, 2.24) is 15.1 Å². The molecule has 0 aromatic rings. The van der Waals surface area contributed by atoms with Crippen molar-refractivity contribution in [2.45, 2.75) is 39.7 Å². The number of rotatable bonds is 3. The lowest BCUT2D eigenvalue weighted by molar-refractivity contribution is 0.0464. The Labute approximate surface area is 140 Å². The van der Waals surface area contributed by atoms with Crippen LogP contribution in [0.25, 0.3) is 0 Å². The van der Waals surface area contributed by atoms with Crippen LogP contribution >= 0.6 is 0 Å². The quantitative estimate of drug-likeness (QED) is 0.834. The Morgan fingerprint density at radius 2 is 1.65 bits per heavy atom. The molecule has 2 atom stereocenters. The molecule has 23 heavy (non-hydrogen) atoms. The van der Waals surface area contributed by atoms with Gasteiger partial charge in [0.05, 0.1) is 11.5 Å². The number of nitrogens with zero attached hydrogens (tertiary/aromatic N) is 2. The normalized spacial score (nSPS) is 29.3. The summed E-state index contributed by atoms with van der Waals surface area (Å²) in [7, 11) is -2.95. The predicted octanol–water partition coefficient (Wildman–Crippen LogP) is 1.18. The first-order valence-electron chi connectivity index (χ1n) is 8.57. The van der Waals surface area contributed by atoms with E-state index in [0.717, 1.165) is 13.1 Å². The molecule has 0 aromatic carbocycles. The monoisotopic (exact) mass is 345 g/mol. The summed E-state index contributed by atoms with van der Waals surface area (Å²) >= 11 is 0. The molecular weight excluding hydrogens is 314 g/mol. The van der Waals surface area contributed by atoms with Gasteiger partial charge in [-0.3, -0.25) is 4.90 Å². The van der Waals surface area contributed by atoms with E-state index in [1.807, 2.05) is 0 Å². The number of carbonyl (C=O) groups excluding carboxylic acids is 1. The third kappa shape index (κ3) is 5.08. The molecule has 0 aliphatic carbocycles. The van der Waals surface area contributed by atoms with Crippen molar-refractivity contribution >= 4 is 15.9 Å². The van der Waals surface area contributed by atoms with Gasteiger partial charge in [-0.05, 0) is 32.1 Å². The first kappa shape index (κ1) is 18.5. The van der Waals surface area contributed by atoms with Gasteiger partial charge in [0.25, 0.3) is 0 Å². The van der Waals surface area contributed by atoms with Crippen LogP contribution in [0.3, 0.4) is 0 Å². The minimum Gasteiger partial charge on any atom is -0.336 e. The third-order valence-corrected chi connectivity index (χ3v) is 6.64. The van der Waals surface area contributed by atoms with Gasteiger partial charge in [-0.15, -0.1) is 0 Å². The van der Waals surface area contributed by atoms with Crippen LogP contribution in [0.15, 0.2) is 0 Å². The third-order valence-electron chi connectivity index (χ3n) is 5.03. The maximum atomic E-state index is 12.3. The van der Waals surface area contributed by atoms with Crippen LogP contribution in [0, 0.1) is 11.8 Å². The zero-order chi connectivity index (χ0) is 17.3. The fourth-order valence-corrected chi connectivity index (χ4v) is 4.79. The first-order valence-corrected chi connectivity index (χ1v) is 10.4. The minimum absolute atomic E-state index is 0.0744. The Bertz CT molecular complexity index is 509. The van der Waals surface area contributed by atoms with E-state index in [9.17, 15) is 13.2 Å². The number of urea groups is 1. The van der Waals surface area contributed by atoms with Crippen molar-refractivity contribution in [2.75, 3.05) is 44.2 Å². The van der Waals surface area contributed by atoms with Crippen LogP contribution in [0.4, 0.5) is 4.79 Å². The van der Waals surface area contributed by atoms with Crippen molar-refractivity contribution < 1.29 is 13.2 Å². The molecule has 6 nitrogen and oxygen atoms in total. The maximum absolute atomic E-state index is 12.3. The van der Waals surface area contributed by atoms with Crippen molar-refractivity contribution in [3.05, 3.63) is 0 Å². The Balaban J connectivity index is 1.85. The molecule has 2 amide bonds. The lowest BCUT2D eigenvalue weighted by Gasteiger charge is -2.45. The summed E-state index contributed by atoms with van der Waals surface area (Å²) in [6, 6.07) is -0.147. The molecule has 2 heterocycles. The van der Waals surface area contributed by atoms with Crippen LogP contribution < -0.4 is 5.32 Å². The van der Waals surface area contributed by atoms with Gasteiger partial charge >= 0.3 is 6.03 Å². The summed E-state index contributed by atoms with van der Waals surface area (Å²) in [6.45, 7) is 12.2. The number of likely N-dealkylation sites (tertiary alicyclic amines) is 1. The summed E-state index contributed by atoms with van der Waals surface area (Å²) < 4.78 is 22.9. The molecule has 1 N–H and O–H groups in total. The number of hydrogen-bond acceptors (Lipinski definition) is 4. The number of hydrogen-bond donors (Lipinski definition) is 1. The van der Waals surface area contributed by atoms with Crippen molar-refractivity contribution in [3.8, 4) is 0 Å². The molecule has 0 saturated carbocycles. The van der Waals surface area contributed by atoms with E-state index >= 15 is 0 Å². The zero-order valence-electron chi connectivity index (χ0n) is 14.8. The highest BCUT2D eigenvalue weighted by atomic mass is 32.2. The molecule has 0 unspecified atom stereocenters. The van der Waals surface area contributed by atoms with Crippen molar-refractivity contribution in [3.63, 3.8) is 0 Å². The predicted molar refractivity (Wildman–Crippen MR) is 92.2 cm³/mol. The molecule has 2 aliphatic rings. The highest BCUT2D eigenvalue weighted by Gasteiger charge is 2.33. The topological polar surface area (TPSA) is 69.7 Å². The Hall–Kier alpha value is -0.820. The van der Waals surface area contributed by atoms with Gasteiger partial charge in [0, 0.05) is 38.3 Å².